The highest BCUT2D eigenvalue weighted by Gasteiger charge is 2.13. The highest BCUT2D eigenvalue weighted by Crippen LogP contribution is 2.24. The lowest BCUT2D eigenvalue weighted by Gasteiger charge is -2.11. The summed E-state index contributed by atoms with van der Waals surface area (Å²) in [6.07, 6.45) is 1.54. The molecule has 2 amide bonds. The smallest absolute Gasteiger partial charge is 0.259 e. The van der Waals surface area contributed by atoms with Crippen LogP contribution in [0, 0.1) is 0 Å². The van der Waals surface area contributed by atoms with Crippen LogP contribution in [0.4, 0.5) is 22.9 Å². The molecule has 3 N–H and O–H groups in total. The molecule has 0 bridgehead atoms. The molecule has 0 aliphatic heterocycles. The van der Waals surface area contributed by atoms with Gasteiger partial charge in [0.05, 0.1) is 24.6 Å². The molecule has 1 aromatic heterocycles. The van der Waals surface area contributed by atoms with E-state index in [1.807, 2.05) is 12.1 Å². The second-order valence-corrected chi connectivity index (χ2v) is 6.55. The van der Waals surface area contributed by atoms with Gasteiger partial charge in [0.2, 0.25) is 5.91 Å². The van der Waals surface area contributed by atoms with Crippen molar-refractivity contribution >= 4 is 46.3 Å². The van der Waals surface area contributed by atoms with E-state index in [0.717, 1.165) is 5.69 Å². The average Bonchev–Trinajstić information content (AvgIpc) is 2.69. The molecule has 3 aromatic rings. The van der Waals surface area contributed by atoms with Crippen molar-refractivity contribution in [1.29, 1.82) is 0 Å². The third kappa shape index (κ3) is 5.46. The van der Waals surface area contributed by atoms with Gasteiger partial charge in [-0.15, -0.1) is 0 Å². The summed E-state index contributed by atoms with van der Waals surface area (Å²) < 4.78 is 5.21. The molecule has 0 radical (unpaired) electrons. The molecule has 0 spiro atoms. The highest BCUT2D eigenvalue weighted by molar-refractivity contribution is 6.31. The standard InChI is InChI=1S/C21H19ClN4O3/c1-13(27)24-15-4-3-5-16(11-15)25-20-9-7-17(12-23-20)26-21(28)18-10-14(22)6-8-19(18)29-2/h3-12H,1-2H3,(H,23,25)(H,24,27)(H,26,28). The fourth-order valence-electron chi connectivity index (χ4n) is 2.62. The van der Waals surface area contributed by atoms with Crippen molar-refractivity contribution in [2.75, 3.05) is 23.1 Å². The van der Waals surface area contributed by atoms with E-state index in [4.69, 9.17) is 16.3 Å². The number of ether oxygens (including phenoxy) is 1. The minimum absolute atomic E-state index is 0.142. The minimum atomic E-state index is -0.352. The summed E-state index contributed by atoms with van der Waals surface area (Å²) in [6, 6.07) is 15.6. The van der Waals surface area contributed by atoms with Gasteiger partial charge >= 0.3 is 0 Å². The maximum Gasteiger partial charge on any atom is 0.259 e. The Morgan fingerprint density at radius 1 is 0.966 bits per heavy atom. The Labute approximate surface area is 173 Å². The lowest BCUT2D eigenvalue weighted by molar-refractivity contribution is -0.114. The first-order valence-corrected chi connectivity index (χ1v) is 9.08. The van der Waals surface area contributed by atoms with Gasteiger partial charge in [0, 0.05) is 23.3 Å². The van der Waals surface area contributed by atoms with Gasteiger partial charge < -0.3 is 20.7 Å². The number of amides is 2. The van der Waals surface area contributed by atoms with Gasteiger partial charge in [-0.2, -0.15) is 0 Å². The van der Waals surface area contributed by atoms with Crippen LogP contribution in [0.2, 0.25) is 5.02 Å². The molecule has 0 atom stereocenters. The molecule has 0 saturated heterocycles. The first-order valence-electron chi connectivity index (χ1n) is 8.70. The van der Waals surface area contributed by atoms with E-state index in [9.17, 15) is 9.59 Å². The molecule has 7 nitrogen and oxygen atoms in total. The largest absolute Gasteiger partial charge is 0.496 e. The molecule has 2 aromatic carbocycles. The number of aromatic nitrogens is 1. The van der Waals surface area contributed by atoms with Crippen LogP contribution < -0.4 is 20.7 Å². The number of nitrogens with zero attached hydrogens (tertiary/aromatic N) is 1. The predicted molar refractivity (Wildman–Crippen MR) is 114 cm³/mol. The van der Waals surface area contributed by atoms with Gasteiger partial charge in [0.25, 0.3) is 5.91 Å². The van der Waals surface area contributed by atoms with E-state index in [0.29, 0.717) is 33.5 Å². The van der Waals surface area contributed by atoms with Gasteiger partial charge in [-0.05, 0) is 48.5 Å². The SMILES string of the molecule is COc1ccc(Cl)cc1C(=O)Nc1ccc(Nc2cccc(NC(C)=O)c2)nc1. The maximum atomic E-state index is 12.5. The first kappa shape index (κ1) is 20.2. The Kier molecular flexibility index (Phi) is 6.31. The topological polar surface area (TPSA) is 92.4 Å². The molecule has 0 aliphatic carbocycles. The fraction of sp³-hybridized carbons (Fsp3) is 0.0952. The number of hydrogen-bond acceptors (Lipinski definition) is 5. The number of hydrogen-bond donors (Lipinski definition) is 3. The zero-order valence-electron chi connectivity index (χ0n) is 15.8. The molecular formula is C21H19ClN4O3. The van der Waals surface area contributed by atoms with Gasteiger partial charge in [0.1, 0.15) is 11.6 Å². The molecule has 8 heteroatoms. The van der Waals surface area contributed by atoms with Gasteiger partial charge in [0.15, 0.2) is 0 Å². The van der Waals surface area contributed by atoms with Crippen molar-refractivity contribution in [3.05, 3.63) is 71.4 Å². The number of benzene rings is 2. The normalized spacial score (nSPS) is 10.2. The summed E-state index contributed by atoms with van der Waals surface area (Å²) in [7, 11) is 1.49. The molecule has 1 heterocycles. The van der Waals surface area contributed by atoms with Crippen molar-refractivity contribution in [1.82, 2.24) is 4.98 Å². The van der Waals surface area contributed by atoms with Crippen LogP contribution >= 0.6 is 11.6 Å². The van der Waals surface area contributed by atoms with Crippen LogP contribution in [-0.2, 0) is 4.79 Å². The molecule has 148 valence electrons. The number of halogens is 1. The Morgan fingerprint density at radius 2 is 1.76 bits per heavy atom. The zero-order valence-corrected chi connectivity index (χ0v) is 16.6. The second kappa shape index (κ2) is 9.07. The van der Waals surface area contributed by atoms with Crippen molar-refractivity contribution in [2.24, 2.45) is 0 Å². The van der Waals surface area contributed by atoms with Crippen LogP contribution in [0.25, 0.3) is 0 Å². The molecule has 0 saturated carbocycles. The first-order chi connectivity index (χ1) is 13.9. The third-order valence-corrected chi connectivity index (χ3v) is 4.12. The Morgan fingerprint density at radius 3 is 2.45 bits per heavy atom. The van der Waals surface area contributed by atoms with E-state index in [1.165, 1.54) is 20.2 Å². The highest BCUT2D eigenvalue weighted by atomic mass is 35.5. The van der Waals surface area contributed by atoms with Crippen LogP contribution in [-0.4, -0.2) is 23.9 Å². The molecule has 3 rings (SSSR count). The van der Waals surface area contributed by atoms with Crippen LogP contribution in [0.1, 0.15) is 17.3 Å². The molecular weight excluding hydrogens is 392 g/mol. The second-order valence-electron chi connectivity index (χ2n) is 6.12. The minimum Gasteiger partial charge on any atom is -0.496 e. The van der Waals surface area contributed by atoms with E-state index >= 15 is 0 Å². The number of anilines is 4. The van der Waals surface area contributed by atoms with E-state index in [-0.39, 0.29) is 11.8 Å². The number of carbonyl (C=O) groups is 2. The number of carbonyl (C=O) groups excluding carboxylic acids is 2. The lowest BCUT2D eigenvalue weighted by Crippen LogP contribution is -2.13. The van der Waals surface area contributed by atoms with Gasteiger partial charge in [-0.3, -0.25) is 9.59 Å². The number of pyridine rings is 1. The maximum absolute atomic E-state index is 12.5. The van der Waals surface area contributed by atoms with Crippen molar-refractivity contribution in [2.45, 2.75) is 6.92 Å². The number of methoxy groups -OCH3 is 1. The molecule has 0 fully saturated rings. The number of nitrogens with one attached hydrogen (secondary N) is 3. The van der Waals surface area contributed by atoms with E-state index in [1.54, 1.807) is 42.5 Å². The average molecular weight is 411 g/mol. The molecule has 29 heavy (non-hydrogen) atoms. The van der Waals surface area contributed by atoms with Gasteiger partial charge in [-0.25, -0.2) is 4.98 Å². The summed E-state index contributed by atoms with van der Waals surface area (Å²) in [5, 5.41) is 9.07. The van der Waals surface area contributed by atoms with Crippen LogP contribution in [0.15, 0.2) is 60.8 Å². The fourth-order valence-corrected chi connectivity index (χ4v) is 2.80. The summed E-state index contributed by atoms with van der Waals surface area (Å²) >= 11 is 5.98. The molecule has 0 aliphatic rings. The van der Waals surface area contributed by atoms with E-state index < -0.39 is 0 Å². The summed E-state index contributed by atoms with van der Waals surface area (Å²) in [5.41, 5.74) is 2.30. The quantitative estimate of drug-likeness (QED) is 0.547. The van der Waals surface area contributed by atoms with Crippen LogP contribution in [0.3, 0.4) is 0 Å². The summed E-state index contributed by atoms with van der Waals surface area (Å²) in [6.45, 7) is 1.45. The van der Waals surface area contributed by atoms with Gasteiger partial charge in [-0.1, -0.05) is 17.7 Å². The predicted octanol–water partition coefficient (Wildman–Crippen LogP) is 4.70. The van der Waals surface area contributed by atoms with E-state index in [2.05, 4.69) is 20.9 Å². The lowest BCUT2D eigenvalue weighted by atomic mass is 10.2. The zero-order chi connectivity index (χ0) is 20.8. The Bertz CT molecular complexity index is 1040. The molecule has 0 unspecified atom stereocenters. The van der Waals surface area contributed by atoms with Crippen LogP contribution in [0.5, 0.6) is 5.75 Å². The van der Waals surface area contributed by atoms with Crippen molar-refractivity contribution < 1.29 is 14.3 Å². The van der Waals surface area contributed by atoms with Crippen molar-refractivity contribution in [3.8, 4) is 5.75 Å². The van der Waals surface area contributed by atoms with Crippen molar-refractivity contribution in [3.63, 3.8) is 0 Å². The number of rotatable bonds is 6. The third-order valence-electron chi connectivity index (χ3n) is 3.88. The summed E-state index contributed by atoms with van der Waals surface area (Å²) in [4.78, 5) is 28.0. The Balaban J connectivity index is 1.68. The monoisotopic (exact) mass is 410 g/mol. The Hall–Kier alpha value is -3.58. The summed E-state index contributed by atoms with van der Waals surface area (Å²) in [5.74, 6) is 0.520.